The Labute approximate surface area is 311 Å². The predicted octanol–water partition coefficient (Wildman–Crippen LogP) is 7.82. The molecule has 6 rings (SSSR count). The van der Waals surface area contributed by atoms with Crippen molar-refractivity contribution >= 4 is 61.2 Å². The van der Waals surface area contributed by atoms with Crippen molar-refractivity contribution in [3.8, 4) is 23.0 Å². The van der Waals surface area contributed by atoms with Crippen molar-refractivity contribution in [3.05, 3.63) is 58.1 Å². The molecule has 2 unspecified atom stereocenters. The monoisotopic (exact) mass is 743 g/mol. The van der Waals surface area contributed by atoms with Gasteiger partial charge >= 0.3 is 12.2 Å². The fraction of sp³-hybridized carbons (Fsp3) is 0.447. The Morgan fingerprint density at radius 3 is 2.65 bits per heavy atom. The molecule has 0 bridgehead atoms. The van der Waals surface area contributed by atoms with Crippen LogP contribution in [0.4, 0.5) is 9.59 Å². The molecule has 1 saturated heterocycles. The van der Waals surface area contributed by atoms with Crippen LogP contribution in [0, 0.1) is 17.8 Å². The summed E-state index contributed by atoms with van der Waals surface area (Å²) < 4.78 is 12.6. The molecule has 1 aliphatic rings. The number of ether oxygens (including phenoxy) is 2. The number of likely N-dealkylation sites (tertiary alicyclic amines) is 1. The molecule has 3 N–H and O–H groups in total. The molecule has 3 amide bonds. The predicted molar refractivity (Wildman–Crippen MR) is 204 cm³/mol. The summed E-state index contributed by atoms with van der Waals surface area (Å²) in [6, 6.07) is 5.31. The number of benzene rings is 1. The molecule has 1 fully saturated rings. The molecular formula is C38H45N7O5S2. The molecule has 5 heterocycles. The lowest BCUT2D eigenvalue weighted by Gasteiger charge is -2.29. The minimum absolute atomic E-state index is 0.102. The van der Waals surface area contributed by atoms with Crippen LogP contribution in [0.5, 0.6) is 0 Å². The van der Waals surface area contributed by atoms with Gasteiger partial charge in [0.05, 0.1) is 51.9 Å². The van der Waals surface area contributed by atoms with E-state index in [1.807, 2.05) is 52.5 Å². The lowest BCUT2D eigenvalue weighted by atomic mass is 10.0. The fourth-order valence-electron chi connectivity index (χ4n) is 6.31. The Morgan fingerprint density at radius 2 is 1.92 bits per heavy atom. The summed E-state index contributed by atoms with van der Waals surface area (Å²) in [6.07, 6.45) is 3.16. The van der Waals surface area contributed by atoms with Gasteiger partial charge in [0.25, 0.3) is 0 Å². The Balaban J connectivity index is 1.18. The van der Waals surface area contributed by atoms with Crippen LogP contribution in [0.2, 0.25) is 0 Å². The van der Waals surface area contributed by atoms with Crippen molar-refractivity contribution in [2.45, 2.75) is 85.0 Å². The van der Waals surface area contributed by atoms with E-state index in [2.05, 4.69) is 55.0 Å². The number of amides is 3. The van der Waals surface area contributed by atoms with E-state index in [9.17, 15) is 14.4 Å². The summed E-state index contributed by atoms with van der Waals surface area (Å²) >= 11 is 3.33. The number of thiophene rings is 2. The largest absolute Gasteiger partial charge is 0.453 e. The first-order chi connectivity index (χ1) is 24.8. The zero-order chi connectivity index (χ0) is 37.2. The third-order valence-corrected chi connectivity index (χ3v) is 10.9. The molecule has 0 saturated carbocycles. The maximum atomic E-state index is 13.6. The van der Waals surface area contributed by atoms with Crippen molar-refractivity contribution < 1.29 is 23.9 Å². The normalized spacial score (nSPS) is 15.2. The number of nitrogens with zero attached hydrogens (tertiary/aromatic N) is 4. The summed E-state index contributed by atoms with van der Waals surface area (Å²) in [5.74, 6) is 7.69. The van der Waals surface area contributed by atoms with Crippen LogP contribution < -0.4 is 5.32 Å². The number of imidazole rings is 2. The minimum Gasteiger partial charge on any atom is -0.453 e. The van der Waals surface area contributed by atoms with Crippen molar-refractivity contribution in [1.29, 1.82) is 0 Å². The number of nitrogens with one attached hydrogen (secondary N) is 3. The van der Waals surface area contributed by atoms with E-state index in [0.29, 0.717) is 31.2 Å². The maximum Gasteiger partial charge on any atom is 0.410 e. The van der Waals surface area contributed by atoms with E-state index in [-0.39, 0.29) is 24.0 Å². The number of methoxy groups -OCH3 is 1. The van der Waals surface area contributed by atoms with Gasteiger partial charge in [0.2, 0.25) is 5.91 Å². The third-order valence-electron chi connectivity index (χ3n) is 8.79. The molecular weight excluding hydrogens is 699 g/mol. The van der Waals surface area contributed by atoms with Gasteiger partial charge in [-0.15, -0.1) is 22.7 Å². The molecule has 5 aromatic rings. The van der Waals surface area contributed by atoms with Gasteiger partial charge in [-0.05, 0) is 69.6 Å². The van der Waals surface area contributed by atoms with Gasteiger partial charge in [-0.2, -0.15) is 0 Å². The molecule has 274 valence electrons. The van der Waals surface area contributed by atoms with Gasteiger partial charge in [-0.3, -0.25) is 4.79 Å². The van der Waals surface area contributed by atoms with Gasteiger partial charge in [0.15, 0.2) is 0 Å². The fourth-order valence-corrected chi connectivity index (χ4v) is 8.62. The van der Waals surface area contributed by atoms with Crippen LogP contribution in [0.15, 0.2) is 35.2 Å². The lowest BCUT2D eigenvalue weighted by molar-refractivity contribution is -0.135. The highest BCUT2D eigenvalue weighted by atomic mass is 32.1. The molecule has 14 heteroatoms. The van der Waals surface area contributed by atoms with Crippen LogP contribution in [0.25, 0.3) is 31.6 Å². The van der Waals surface area contributed by atoms with Crippen LogP contribution >= 0.6 is 22.7 Å². The van der Waals surface area contributed by atoms with Gasteiger partial charge in [-0.25, -0.2) is 19.6 Å². The van der Waals surface area contributed by atoms with Gasteiger partial charge in [-0.1, -0.05) is 32.8 Å². The Hall–Kier alpha value is -4.87. The third kappa shape index (κ3) is 8.11. The maximum absolute atomic E-state index is 13.6. The van der Waals surface area contributed by atoms with Gasteiger partial charge in [0.1, 0.15) is 29.0 Å². The zero-order valence-corrected chi connectivity index (χ0v) is 32.2. The SMILES string of the molecule is CCCN(Cc1ncc(C#Cc2csc3c(-c4ccc5nc(C6CCCN6C(=O)C(NC(=O)OC)C(C)C)[nH]c5c4)csc23)[nH]1)C(=O)OC(C)(C)C. The number of hydrogen-bond donors (Lipinski definition) is 3. The van der Waals surface area contributed by atoms with Crippen LogP contribution in [-0.2, 0) is 20.8 Å². The van der Waals surface area contributed by atoms with Crippen molar-refractivity contribution in [1.82, 2.24) is 35.1 Å². The minimum atomic E-state index is -0.685. The number of alkyl carbamates (subject to hydrolysis) is 1. The first-order valence-corrected chi connectivity index (χ1v) is 19.3. The zero-order valence-electron chi connectivity index (χ0n) is 30.6. The Bertz CT molecular complexity index is 2140. The summed E-state index contributed by atoms with van der Waals surface area (Å²) in [4.78, 5) is 57.9. The van der Waals surface area contributed by atoms with Crippen molar-refractivity contribution in [2.75, 3.05) is 20.2 Å². The number of carbonyl (C=O) groups is 3. The molecule has 12 nitrogen and oxygen atoms in total. The number of carbonyl (C=O) groups excluding carboxylic acids is 3. The van der Waals surface area contributed by atoms with Gasteiger partial charge < -0.3 is 34.6 Å². The van der Waals surface area contributed by atoms with Crippen molar-refractivity contribution in [2.24, 2.45) is 5.92 Å². The second-order valence-electron chi connectivity index (χ2n) is 14.3. The number of rotatable bonds is 9. The van der Waals surface area contributed by atoms with E-state index >= 15 is 0 Å². The van der Waals surface area contributed by atoms with Crippen molar-refractivity contribution in [3.63, 3.8) is 0 Å². The first kappa shape index (κ1) is 36.9. The van der Waals surface area contributed by atoms with E-state index in [1.54, 1.807) is 33.8 Å². The highest BCUT2D eigenvalue weighted by Crippen LogP contribution is 2.41. The molecule has 0 aliphatic carbocycles. The second kappa shape index (κ2) is 15.4. The summed E-state index contributed by atoms with van der Waals surface area (Å²) in [5.41, 5.74) is 4.98. The van der Waals surface area contributed by atoms with E-state index < -0.39 is 17.7 Å². The van der Waals surface area contributed by atoms with Crippen LogP contribution in [-0.4, -0.2) is 79.7 Å². The first-order valence-electron chi connectivity index (χ1n) is 17.5. The Kier molecular flexibility index (Phi) is 10.9. The molecule has 1 aromatic carbocycles. The standard InChI is InChI=1S/C38H45N7O5S2/c1-8-15-44(37(48)50-38(4,5)6)19-30-39-18-25(40-30)13-11-24-20-51-33-26(21-52-32(24)33)23-12-14-27-28(17-23)42-34(41-27)29-10-9-16-45(29)35(46)31(22(2)3)43-36(47)49-7/h12,14,17-18,20-22,29,31H,8-10,15-16,19H2,1-7H3,(H,39,40)(H,41,42)(H,43,47). The average molecular weight is 744 g/mol. The van der Waals surface area contributed by atoms with Crippen LogP contribution in [0.3, 0.4) is 0 Å². The molecule has 2 atom stereocenters. The molecule has 0 radical (unpaired) electrons. The number of aromatic amines is 2. The lowest BCUT2D eigenvalue weighted by Crippen LogP contribution is -2.51. The number of aromatic nitrogens is 4. The van der Waals surface area contributed by atoms with E-state index in [4.69, 9.17) is 14.5 Å². The molecule has 4 aromatic heterocycles. The smallest absolute Gasteiger partial charge is 0.410 e. The summed E-state index contributed by atoms with van der Waals surface area (Å²) in [7, 11) is 1.29. The van der Waals surface area contributed by atoms with Crippen LogP contribution in [0.1, 0.15) is 89.8 Å². The quantitative estimate of drug-likeness (QED) is 0.131. The van der Waals surface area contributed by atoms with Gasteiger partial charge in [0, 0.05) is 29.4 Å². The number of hydrogen-bond acceptors (Lipinski definition) is 9. The van der Waals surface area contributed by atoms with E-state index in [0.717, 1.165) is 62.2 Å². The number of fused-ring (bicyclic) bond motifs is 2. The summed E-state index contributed by atoms with van der Waals surface area (Å²) in [5, 5.41) is 6.95. The second-order valence-corrected chi connectivity index (χ2v) is 16.0. The molecule has 1 aliphatic heterocycles. The van der Waals surface area contributed by atoms with E-state index in [1.165, 1.54) is 7.11 Å². The molecule has 0 spiro atoms. The Morgan fingerprint density at radius 1 is 1.13 bits per heavy atom. The highest BCUT2D eigenvalue weighted by molar-refractivity contribution is 7.27. The molecule has 52 heavy (non-hydrogen) atoms. The highest BCUT2D eigenvalue weighted by Gasteiger charge is 2.37. The topological polar surface area (TPSA) is 146 Å². The number of H-pyrrole nitrogens is 2. The summed E-state index contributed by atoms with van der Waals surface area (Å²) in [6.45, 7) is 12.9. The average Bonchev–Trinajstić information content (AvgIpc) is 3.93.